The van der Waals surface area contributed by atoms with Gasteiger partial charge in [0.1, 0.15) is 0 Å². The number of nitrogens with one attached hydrogen (secondary N) is 3. The number of urea groups is 1. The number of nitrogens with zero attached hydrogens (tertiary/aromatic N) is 1. The topological polar surface area (TPSA) is 96.9 Å². The molecule has 7 nitrogen and oxygen atoms in total. The second-order valence-electron chi connectivity index (χ2n) is 5.10. The zero-order chi connectivity index (χ0) is 17.7. The molecule has 2 aromatic carbocycles. The number of aryl methyl sites for hydroxylation is 1. The number of hydroxylamine groups is 1. The molecule has 8 heteroatoms. The van der Waals surface area contributed by atoms with Gasteiger partial charge in [0.15, 0.2) is 0 Å². The van der Waals surface area contributed by atoms with E-state index in [4.69, 9.17) is 16.8 Å². The summed E-state index contributed by atoms with van der Waals surface area (Å²) in [7, 11) is 1.53. The number of carbonyl (C=O) groups is 1. The monoisotopic (exact) mass is 350 g/mol. The van der Waals surface area contributed by atoms with Gasteiger partial charge in [-0.15, -0.1) is 0 Å². The fourth-order valence-electron chi connectivity index (χ4n) is 2.19. The van der Waals surface area contributed by atoms with Crippen LogP contribution < -0.4 is 21.2 Å². The van der Waals surface area contributed by atoms with Crippen LogP contribution in [-0.2, 0) is 6.42 Å². The minimum absolute atomic E-state index is 0.283. The molecule has 0 saturated heterocycles. The van der Waals surface area contributed by atoms with E-state index in [1.807, 2.05) is 12.4 Å². The Kier molecular flexibility index (Phi) is 5.86. The largest absolute Gasteiger partial charge is 0.323 e. The normalized spacial score (nSPS) is 10.2. The minimum atomic E-state index is -0.464. The molecule has 24 heavy (non-hydrogen) atoms. The first-order valence-electron chi connectivity index (χ1n) is 7.27. The molecule has 0 aliphatic rings. The second-order valence-corrected chi connectivity index (χ2v) is 5.54. The maximum atomic E-state index is 12.2. The van der Waals surface area contributed by atoms with Gasteiger partial charge in [-0.05, 0) is 48.4 Å². The van der Waals surface area contributed by atoms with Crippen molar-refractivity contribution >= 4 is 40.4 Å². The third-order valence-corrected chi connectivity index (χ3v) is 3.68. The van der Waals surface area contributed by atoms with Gasteiger partial charge in [0.25, 0.3) is 0 Å². The van der Waals surface area contributed by atoms with Gasteiger partial charge in [0.05, 0.1) is 17.1 Å². The summed E-state index contributed by atoms with van der Waals surface area (Å²) in [6.07, 6.45) is 0.682. The van der Waals surface area contributed by atoms with E-state index < -0.39 is 6.03 Å². The first-order chi connectivity index (χ1) is 11.4. The Hall–Kier alpha value is -2.48. The van der Waals surface area contributed by atoms with Crippen molar-refractivity contribution in [2.45, 2.75) is 13.3 Å². The van der Waals surface area contributed by atoms with Crippen molar-refractivity contribution in [1.29, 1.82) is 0 Å². The van der Waals surface area contributed by atoms with Gasteiger partial charge in [-0.2, -0.15) is 0 Å². The molecule has 0 fully saturated rings. The number of benzene rings is 2. The Labute approximate surface area is 144 Å². The van der Waals surface area contributed by atoms with Crippen molar-refractivity contribution in [2.24, 2.45) is 0 Å². The van der Waals surface area contributed by atoms with E-state index in [-0.39, 0.29) is 5.69 Å². The highest BCUT2D eigenvalue weighted by molar-refractivity contribution is 6.31. The Morgan fingerprint density at radius 2 is 1.79 bits per heavy atom. The lowest BCUT2D eigenvalue weighted by atomic mass is 10.1. The third kappa shape index (κ3) is 4.29. The lowest BCUT2D eigenvalue weighted by Crippen LogP contribution is -2.21. The van der Waals surface area contributed by atoms with Crippen molar-refractivity contribution in [1.82, 2.24) is 0 Å². The summed E-state index contributed by atoms with van der Waals surface area (Å²) in [6, 6.07) is 9.39. The van der Waals surface area contributed by atoms with Gasteiger partial charge >= 0.3 is 6.03 Å². The maximum Gasteiger partial charge on any atom is 0.323 e. The number of halogens is 1. The summed E-state index contributed by atoms with van der Waals surface area (Å²) < 4.78 is 0. The van der Waals surface area contributed by atoms with Gasteiger partial charge in [0, 0.05) is 17.8 Å². The lowest BCUT2D eigenvalue weighted by molar-refractivity contribution is 0.262. The van der Waals surface area contributed by atoms with Crippen LogP contribution in [0.4, 0.5) is 27.5 Å². The number of rotatable bonds is 5. The quantitative estimate of drug-likeness (QED) is 0.521. The summed E-state index contributed by atoms with van der Waals surface area (Å²) in [5, 5.41) is 25.4. The van der Waals surface area contributed by atoms with Crippen LogP contribution in [0.2, 0.25) is 5.02 Å². The number of hydrogen-bond acceptors (Lipinski definition) is 5. The third-order valence-electron chi connectivity index (χ3n) is 3.44. The maximum absolute atomic E-state index is 12.2. The van der Waals surface area contributed by atoms with E-state index in [0.717, 1.165) is 10.6 Å². The molecule has 2 rings (SSSR count). The SMILES string of the molecule is CCc1cc(N(C)O)ccc1NC(=O)Nc1ccc(Cl)cc1NO. The predicted octanol–water partition coefficient (Wildman–Crippen LogP) is 4.17. The van der Waals surface area contributed by atoms with E-state index in [9.17, 15) is 10.0 Å². The minimum Gasteiger partial charge on any atom is -0.307 e. The molecule has 0 spiro atoms. The summed E-state index contributed by atoms with van der Waals surface area (Å²) >= 11 is 5.84. The van der Waals surface area contributed by atoms with Crippen LogP contribution in [0.1, 0.15) is 12.5 Å². The summed E-state index contributed by atoms with van der Waals surface area (Å²) in [5.41, 5.74) is 4.78. The van der Waals surface area contributed by atoms with Crippen LogP contribution in [0.15, 0.2) is 36.4 Å². The smallest absolute Gasteiger partial charge is 0.307 e. The molecule has 5 N–H and O–H groups in total. The average Bonchev–Trinajstić information content (AvgIpc) is 2.56. The number of hydrogen-bond donors (Lipinski definition) is 5. The molecule has 2 aromatic rings. The molecule has 0 aliphatic heterocycles. The number of anilines is 4. The zero-order valence-corrected chi connectivity index (χ0v) is 14.1. The molecule has 0 aromatic heterocycles. The van der Waals surface area contributed by atoms with Gasteiger partial charge < -0.3 is 10.6 Å². The van der Waals surface area contributed by atoms with E-state index in [0.29, 0.717) is 28.5 Å². The van der Waals surface area contributed by atoms with Gasteiger partial charge in [-0.25, -0.2) is 4.79 Å². The van der Waals surface area contributed by atoms with E-state index in [1.54, 1.807) is 30.3 Å². The Morgan fingerprint density at radius 1 is 1.12 bits per heavy atom. The van der Waals surface area contributed by atoms with Crippen molar-refractivity contribution in [3.05, 3.63) is 47.0 Å². The predicted molar refractivity (Wildman–Crippen MR) is 95.5 cm³/mol. The van der Waals surface area contributed by atoms with Crippen LogP contribution in [0.25, 0.3) is 0 Å². The molecule has 2 amide bonds. The van der Waals surface area contributed by atoms with Crippen LogP contribution >= 0.6 is 11.6 Å². The molecular formula is C16H19ClN4O3. The summed E-state index contributed by atoms with van der Waals surface area (Å²) in [4.78, 5) is 12.2. The van der Waals surface area contributed by atoms with Crippen molar-refractivity contribution < 1.29 is 15.2 Å². The second kappa shape index (κ2) is 7.87. The van der Waals surface area contributed by atoms with Gasteiger partial charge in [0.2, 0.25) is 0 Å². The van der Waals surface area contributed by atoms with Crippen LogP contribution in [0.5, 0.6) is 0 Å². The highest BCUT2D eigenvalue weighted by atomic mass is 35.5. The molecule has 0 unspecified atom stereocenters. The van der Waals surface area contributed by atoms with E-state index in [2.05, 4.69) is 10.6 Å². The molecular weight excluding hydrogens is 332 g/mol. The van der Waals surface area contributed by atoms with Gasteiger partial charge in [-0.1, -0.05) is 18.5 Å². The van der Waals surface area contributed by atoms with Gasteiger partial charge in [-0.3, -0.25) is 21.0 Å². The fraction of sp³-hybridized carbons (Fsp3) is 0.188. The highest BCUT2D eigenvalue weighted by Crippen LogP contribution is 2.26. The molecule has 0 saturated carbocycles. The molecule has 0 radical (unpaired) electrons. The average molecular weight is 351 g/mol. The van der Waals surface area contributed by atoms with Crippen LogP contribution in [-0.4, -0.2) is 23.5 Å². The van der Waals surface area contributed by atoms with Crippen LogP contribution in [0, 0.1) is 0 Å². The molecule has 0 aliphatic carbocycles. The Bertz CT molecular complexity index is 737. The first-order valence-corrected chi connectivity index (χ1v) is 7.65. The van der Waals surface area contributed by atoms with Crippen molar-refractivity contribution in [3.63, 3.8) is 0 Å². The highest BCUT2D eigenvalue weighted by Gasteiger charge is 2.10. The Morgan fingerprint density at radius 3 is 2.42 bits per heavy atom. The molecule has 0 atom stereocenters. The standard InChI is InChI=1S/C16H19ClN4O3/c1-3-10-8-12(21(2)24)5-7-13(10)18-16(22)19-14-6-4-11(17)9-15(14)20-23/h4-9,20,23-24H,3H2,1-2H3,(H2,18,19,22). The van der Waals surface area contributed by atoms with Crippen molar-refractivity contribution in [2.75, 3.05) is 28.2 Å². The number of carbonyl (C=O) groups excluding carboxylic acids is 1. The lowest BCUT2D eigenvalue weighted by Gasteiger charge is -2.16. The summed E-state index contributed by atoms with van der Waals surface area (Å²) in [5.74, 6) is 0. The van der Waals surface area contributed by atoms with E-state index in [1.165, 1.54) is 13.1 Å². The summed E-state index contributed by atoms with van der Waals surface area (Å²) in [6.45, 7) is 1.95. The molecule has 0 heterocycles. The van der Waals surface area contributed by atoms with E-state index >= 15 is 0 Å². The Balaban J connectivity index is 2.15. The molecule has 0 bridgehead atoms. The molecule has 128 valence electrons. The zero-order valence-electron chi connectivity index (χ0n) is 13.3. The number of amides is 2. The van der Waals surface area contributed by atoms with Crippen molar-refractivity contribution in [3.8, 4) is 0 Å². The fourth-order valence-corrected chi connectivity index (χ4v) is 2.36. The van der Waals surface area contributed by atoms with Crippen LogP contribution in [0.3, 0.4) is 0 Å². The first kappa shape index (κ1) is 17.9.